The summed E-state index contributed by atoms with van der Waals surface area (Å²) in [6.07, 6.45) is 12.2. The second-order valence-corrected chi connectivity index (χ2v) is 20.3. The average molecular weight is 788 g/mol. The van der Waals surface area contributed by atoms with Crippen molar-refractivity contribution in [1.29, 1.82) is 0 Å². The third-order valence-electron chi connectivity index (χ3n) is 16.1. The van der Waals surface area contributed by atoms with Gasteiger partial charge in [0.05, 0.1) is 18.8 Å². The van der Waals surface area contributed by atoms with Crippen molar-refractivity contribution in [3.63, 3.8) is 0 Å². The summed E-state index contributed by atoms with van der Waals surface area (Å²) in [7, 11) is 5.85. The summed E-state index contributed by atoms with van der Waals surface area (Å²) in [5.41, 5.74) is 6.31. The van der Waals surface area contributed by atoms with Gasteiger partial charge in [-0.3, -0.25) is 19.2 Å². The Balaban J connectivity index is 1.16. The van der Waals surface area contributed by atoms with Gasteiger partial charge in [-0.1, -0.05) is 59.3 Å². The van der Waals surface area contributed by atoms with Gasteiger partial charge in [0.1, 0.15) is 12.1 Å². The minimum absolute atomic E-state index is 0.00406. The molecule has 6 saturated carbocycles. The topological polar surface area (TPSA) is 167 Å². The van der Waals surface area contributed by atoms with Gasteiger partial charge in [0.15, 0.2) is 0 Å². The second kappa shape index (κ2) is 18.6. The predicted octanol–water partition coefficient (Wildman–Crippen LogP) is 4.11. The normalized spacial score (nSPS) is 40.1. The summed E-state index contributed by atoms with van der Waals surface area (Å²) in [6.45, 7) is 9.54. The van der Waals surface area contributed by atoms with Crippen molar-refractivity contribution < 1.29 is 34.2 Å². The van der Waals surface area contributed by atoms with E-state index in [1.165, 1.54) is 38.5 Å². The van der Waals surface area contributed by atoms with E-state index in [0.29, 0.717) is 54.9 Å². The summed E-state index contributed by atoms with van der Waals surface area (Å²) in [5, 5.41) is 30.0. The van der Waals surface area contributed by atoms with Gasteiger partial charge in [-0.25, -0.2) is 0 Å². The molecular formula is C44H77N5O7. The average Bonchev–Trinajstić information content (AvgIpc) is 3.53. The van der Waals surface area contributed by atoms with Gasteiger partial charge in [0, 0.05) is 56.0 Å². The van der Waals surface area contributed by atoms with Crippen LogP contribution < -0.4 is 16.4 Å². The summed E-state index contributed by atoms with van der Waals surface area (Å²) < 4.78 is 6.36. The van der Waals surface area contributed by atoms with Crippen LogP contribution in [0.5, 0.6) is 0 Å². The Hall–Kier alpha value is -1.83. The molecule has 6 aliphatic carbocycles. The monoisotopic (exact) mass is 788 g/mol. The standard InChI is InChI=1S/C44H77N5O7/c1-25-35-20-32(44(35,3)4)21-36(25)47-43(54)39-38(26(2)51)37(24-50)56-49(39)22-28-14-11-15-34(40(28)55-7)29-17-30(41(45)52)19-31(18-29)42(53)46-33(23-48(5)6)16-27-12-9-8-10-13-27/h25-40,50-51H,8-24H2,1-7H3,(H2,45,52)(H,46,53)(H,47,54)/t25-,26-,28?,29?,30?,31?,32+,33-,34?,35-,36-,37-,38-,39-,40?/m0/s1. The minimum Gasteiger partial charge on any atom is -0.394 e. The third-order valence-corrected chi connectivity index (χ3v) is 16.1. The zero-order valence-electron chi connectivity index (χ0n) is 35.7. The first-order chi connectivity index (χ1) is 26.6. The van der Waals surface area contributed by atoms with E-state index in [-0.39, 0.29) is 72.1 Å². The predicted molar refractivity (Wildman–Crippen MR) is 216 cm³/mol. The van der Waals surface area contributed by atoms with Gasteiger partial charge in [0.25, 0.3) is 0 Å². The number of hydrogen-bond donors (Lipinski definition) is 5. The number of ether oxygens (including phenoxy) is 1. The van der Waals surface area contributed by atoms with Gasteiger partial charge in [-0.15, -0.1) is 0 Å². The van der Waals surface area contributed by atoms with Crippen molar-refractivity contribution in [3.8, 4) is 0 Å². The smallest absolute Gasteiger partial charge is 0.240 e. The van der Waals surface area contributed by atoms with E-state index in [2.05, 4.69) is 50.4 Å². The number of carbonyl (C=O) groups excluding carboxylic acids is 3. The van der Waals surface area contributed by atoms with Gasteiger partial charge in [0.2, 0.25) is 17.7 Å². The number of primary amides is 1. The lowest BCUT2D eigenvalue weighted by molar-refractivity contribution is -0.193. The number of rotatable bonds is 15. The Morgan fingerprint density at radius 3 is 2.30 bits per heavy atom. The molecule has 2 bridgehead atoms. The maximum absolute atomic E-state index is 14.3. The van der Waals surface area contributed by atoms with E-state index < -0.39 is 24.2 Å². The molecule has 0 aromatic carbocycles. The van der Waals surface area contributed by atoms with E-state index in [1.807, 2.05) is 0 Å². The quantitative estimate of drug-likeness (QED) is 0.164. The molecule has 6 N–H and O–H groups in total. The number of nitrogens with two attached hydrogens (primary N) is 1. The van der Waals surface area contributed by atoms with Crippen LogP contribution in [0.15, 0.2) is 0 Å². The molecule has 56 heavy (non-hydrogen) atoms. The number of aliphatic hydroxyl groups is 2. The first-order valence-electron chi connectivity index (χ1n) is 22.4. The van der Waals surface area contributed by atoms with Crippen LogP contribution in [0.2, 0.25) is 0 Å². The van der Waals surface area contributed by atoms with Crippen LogP contribution in [0.25, 0.3) is 0 Å². The van der Waals surface area contributed by atoms with Crippen molar-refractivity contribution in [2.75, 3.05) is 40.9 Å². The molecule has 12 nitrogen and oxygen atoms in total. The number of fused-ring (bicyclic) bond motifs is 2. The highest BCUT2D eigenvalue weighted by Crippen LogP contribution is 2.61. The molecule has 0 radical (unpaired) electrons. The van der Waals surface area contributed by atoms with Crippen LogP contribution in [-0.4, -0.2) is 115 Å². The first-order valence-corrected chi connectivity index (χ1v) is 22.4. The highest BCUT2D eigenvalue weighted by atomic mass is 16.7. The van der Waals surface area contributed by atoms with Crippen molar-refractivity contribution >= 4 is 17.7 Å². The lowest BCUT2D eigenvalue weighted by Gasteiger charge is -2.62. The third kappa shape index (κ3) is 9.46. The van der Waals surface area contributed by atoms with E-state index in [4.69, 9.17) is 15.3 Å². The van der Waals surface area contributed by atoms with Crippen LogP contribution in [-0.2, 0) is 24.0 Å². The van der Waals surface area contributed by atoms with E-state index >= 15 is 0 Å². The number of nitrogens with one attached hydrogen (secondary N) is 2. The summed E-state index contributed by atoms with van der Waals surface area (Å²) in [6, 6.07) is -0.625. The van der Waals surface area contributed by atoms with Crippen molar-refractivity contribution in [3.05, 3.63) is 0 Å². The SMILES string of the molecule is COC1C(CN2O[C@@H](CO)[C@H]([C@H](C)O)[C@H]2C(=O)N[C@H]2C[C@H]3C[C@@H]([C@@H]2C)C3(C)C)CCCC1C1CC(C(N)=O)CC(C(=O)N[C@@H](CC2CCCCC2)CN(C)C)C1. The lowest BCUT2D eigenvalue weighted by Crippen LogP contribution is -2.62. The first kappa shape index (κ1) is 43.7. The Bertz CT molecular complexity index is 1340. The molecule has 15 atom stereocenters. The maximum Gasteiger partial charge on any atom is 0.240 e. The fraction of sp³-hybridized carbons (Fsp3) is 0.932. The largest absolute Gasteiger partial charge is 0.394 e. The van der Waals surface area contributed by atoms with E-state index in [0.717, 1.165) is 38.6 Å². The van der Waals surface area contributed by atoms with Crippen LogP contribution in [0.1, 0.15) is 118 Å². The second-order valence-electron chi connectivity index (χ2n) is 20.3. The number of methoxy groups -OCH3 is 1. The van der Waals surface area contributed by atoms with E-state index in [1.54, 1.807) is 19.1 Å². The van der Waals surface area contributed by atoms with Crippen LogP contribution >= 0.6 is 0 Å². The minimum atomic E-state index is -0.864. The number of aliphatic hydroxyl groups excluding tert-OH is 2. The molecule has 0 aromatic heterocycles. The fourth-order valence-corrected chi connectivity index (χ4v) is 13.0. The molecule has 1 heterocycles. The number of amides is 3. The molecule has 6 unspecified atom stereocenters. The molecule has 320 valence electrons. The Morgan fingerprint density at radius 1 is 0.982 bits per heavy atom. The van der Waals surface area contributed by atoms with Crippen molar-refractivity contribution in [2.24, 2.45) is 70.3 Å². The maximum atomic E-state index is 14.3. The van der Waals surface area contributed by atoms with Gasteiger partial charge >= 0.3 is 0 Å². The fourth-order valence-electron chi connectivity index (χ4n) is 13.0. The van der Waals surface area contributed by atoms with Crippen molar-refractivity contribution in [2.45, 2.75) is 154 Å². The highest BCUT2D eigenvalue weighted by Gasteiger charge is 2.58. The van der Waals surface area contributed by atoms with Crippen molar-refractivity contribution in [1.82, 2.24) is 20.6 Å². The zero-order valence-corrected chi connectivity index (χ0v) is 35.7. The zero-order chi connectivity index (χ0) is 40.5. The molecule has 0 spiro atoms. The van der Waals surface area contributed by atoms with Gasteiger partial charge in [-0.2, -0.15) is 5.06 Å². The lowest BCUT2D eigenvalue weighted by atomic mass is 9.45. The number of hydrogen-bond acceptors (Lipinski definition) is 9. The molecule has 7 aliphatic rings. The van der Waals surface area contributed by atoms with Gasteiger partial charge < -0.3 is 36.2 Å². The van der Waals surface area contributed by atoms with E-state index in [9.17, 15) is 24.6 Å². The number of hydroxylamine groups is 2. The molecule has 7 fully saturated rings. The van der Waals surface area contributed by atoms with Crippen LogP contribution in [0.3, 0.4) is 0 Å². The van der Waals surface area contributed by atoms with Gasteiger partial charge in [-0.05, 0) is 113 Å². The highest BCUT2D eigenvalue weighted by molar-refractivity contribution is 5.83. The molecule has 7 rings (SSSR count). The Labute approximate surface area is 337 Å². The summed E-state index contributed by atoms with van der Waals surface area (Å²) in [5.74, 6) is 0.616. The molecule has 3 amide bonds. The summed E-state index contributed by atoms with van der Waals surface area (Å²) >= 11 is 0. The van der Waals surface area contributed by atoms with Crippen LogP contribution in [0.4, 0.5) is 0 Å². The molecule has 0 aromatic rings. The Kier molecular flexibility index (Phi) is 14.5. The number of carbonyl (C=O) groups is 3. The summed E-state index contributed by atoms with van der Waals surface area (Å²) in [4.78, 5) is 49.8. The molecule has 1 aliphatic heterocycles. The molecular weight excluding hydrogens is 711 g/mol. The molecule has 1 saturated heterocycles. The molecule has 12 heteroatoms. The number of nitrogens with zero attached hydrogens (tertiary/aromatic N) is 2. The number of likely N-dealkylation sites (N-methyl/N-ethyl adjacent to an activating group) is 1. The Morgan fingerprint density at radius 2 is 1.70 bits per heavy atom. The van der Waals surface area contributed by atoms with Crippen LogP contribution in [0, 0.1) is 64.6 Å².